The van der Waals surface area contributed by atoms with E-state index in [0.717, 1.165) is 0 Å². The van der Waals surface area contributed by atoms with E-state index in [-0.39, 0.29) is 26.4 Å². The molecule has 0 aromatic heterocycles. The third-order valence-electron chi connectivity index (χ3n) is 0.287. The Morgan fingerprint density at radius 3 is 1.83 bits per heavy atom. The van der Waals surface area contributed by atoms with Gasteiger partial charge >= 0.3 is 5.97 Å². The first-order valence-electron chi connectivity index (χ1n) is 1.32. The maximum atomic E-state index is 9.59. The summed E-state index contributed by atoms with van der Waals surface area (Å²) in [6.07, 6.45) is 0. The Morgan fingerprint density at radius 2 is 1.83 bits per heavy atom. The minimum atomic E-state index is -0.245. The maximum Gasteiger partial charge on any atom is 0.302 e. The molecule has 0 rings (SSSR count). The summed E-state index contributed by atoms with van der Waals surface area (Å²) in [4.78, 5) is 9.59. The molecular formula is C3H6O2Pd. The molecule has 0 saturated heterocycles. The molecule has 2 nitrogen and oxygen atoms in total. The SMILES string of the molecule is COC(C)=O.[Pd]. The standard InChI is InChI=1S/C3H6O2.Pd/c1-3(4)5-2;/h1-2H3;. The van der Waals surface area contributed by atoms with Crippen LogP contribution in [0.4, 0.5) is 0 Å². The zero-order valence-corrected chi connectivity index (χ0v) is 5.19. The van der Waals surface area contributed by atoms with Gasteiger partial charge in [-0.2, -0.15) is 0 Å². The van der Waals surface area contributed by atoms with Crippen molar-refractivity contribution in [3.05, 3.63) is 0 Å². The van der Waals surface area contributed by atoms with Gasteiger partial charge in [-0.3, -0.25) is 4.79 Å². The number of carbonyl (C=O) groups is 1. The van der Waals surface area contributed by atoms with Crippen molar-refractivity contribution in [2.24, 2.45) is 0 Å². The van der Waals surface area contributed by atoms with E-state index >= 15 is 0 Å². The molecule has 0 aliphatic rings. The van der Waals surface area contributed by atoms with Crippen molar-refractivity contribution in [3.63, 3.8) is 0 Å². The summed E-state index contributed by atoms with van der Waals surface area (Å²) in [6, 6.07) is 0. The molecule has 0 aliphatic heterocycles. The van der Waals surface area contributed by atoms with Crippen LogP contribution in [0.25, 0.3) is 0 Å². The van der Waals surface area contributed by atoms with Gasteiger partial charge in [0.05, 0.1) is 7.11 Å². The molecule has 0 heterocycles. The number of methoxy groups -OCH3 is 1. The van der Waals surface area contributed by atoms with E-state index in [0.29, 0.717) is 0 Å². The molecule has 0 fully saturated rings. The van der Waals surface area contributed by atoms with E-state index in [1.54, 1.807) is 0 Å². The Balaban J connectivity index is 0. The van der Waals surface area contributed by atoms with Crippen molar-refractivity contribution >= 4 is 5.97 Å². The Morgan fingerprint density at radius 1 is 1.67 bits per heavy atom. The van der Waals surface area contributed by atoms with Crippen LogP contribution in [0.2, 0.25) is 0 Å². The molecule has 40 valence electrons. The molecule has 0 atom stereocenters. The number of rotatable bonds is 0. The predicted molar refractivity (Wildman–Crippen MR) is 17.7 cm³/mol. The van der Waals surface area contributed by atoms with Crippen LogP contribution in [-0.2, 0) is 30.0 Å². The second kappa shape index (κ2) is 5.13. The predicted octanol–water partition coefficient (Wildman–Crippen LogP) is 0.177. The first-order chi connectivity index (χ1) is 2.27. The van der Waals surface area contributed by atoms with Gasteiger partial charge in [-0.25, -0.2) is 0 Å². The van der Waals surface area contributed by atoms with Gasteiger partial charge in [-0.05, 0) is 0 Å². The third kappa shape index (κ3) is 8.92. The van der Waals surface area contributed by atoms with Crippen LogP contribution < -0.4 is 0 Å². The van der Waals surface area contributed by atoms with Crippen LogP contribution in [0.3, 0.4) is 0 Å². The fourth-order valence-electron chi connectivity index (χ4n) is 0. The summed E-state index contributed by atoms with van der Waals surface area (Å²) < 4.78 is 4.11. The molecule has 0 aromatic rings. The molecule has 0 unspecified atom stereocenters. The monoisotopic (exact) mass is 180 g/mol. The first-order valence-corrected chi connectivity index (χ1v) is 1.32. The Bertz CT molecular complexity index is 44.1. The van der Waals surface area contributed by atoms with Crippen LogP contribution >= 0.6 is 0 Å². The molecule has 0 spiro atoms. The van der Waals surface area contributed by atoms with Gasteiger partial charge in [0.15, 0.2) is 0 Å². The maximum absolute atomic E-state index is 9.59. The summed E-state index contributed by atoms with van der Waals surface area (Å²) >= 11 is 0. The fourth-order valence-corrected chi connectivity index (χ4v) is 0. The normalized spacial score (nSPS) is 5.67. The van der Waals surface area contributed by atoms with E-state index in [2.05, 4.69) is 4.74 Å². The van der Waals surface area contributed by atoms with Gasteiger partial charge in [0, 0.05) is 27.3 Å². The number of esters is 1. The van der Waals surface area contributed by atoms with Crippen molar-refractivity contribution in [3.8, 4) is 0 Å². The van der Waals surface area contributed by atoms with E-state index in [1.165, 1.54) is 14.0 Å². The molecule has 0 amide bonds. The van der Waals surface area contributed by atoms with E-state index in [9.17, 15) is 4.79 Å². The van der Waals surface area contributed by atoms with Crippen LogP contribution in [0.15, 0.2) is 0 Å². The van der Waals surface area contributed by atoms with Gasteiger partial charge < -0.3 is 4.74 Å². The largest absolute Gasteiger partial charge is 0.469 e. The molecule has 0 aromatic carbocycles. The number of ether oxygens (including phenoxy) is 1. The Kier molecular flexibility index (Phi) is 8.09. The number of hydrogen-bond acceptors (Lipinski definition) is 2. The van der Waals surface area contributed by atoms with Crippen molar-refractivity contribution < 1.29 is 30.0 Å². The van der Waals surface area contributed by atoms with Crippen molar-refractivity contribution in [1.29, 1.82) is 0 Å². The van der Waals surface area contributed by atoms with Gasteiger partial charge in [0.1, 0.15) is 0 Å². The molecule has 0 N–H and O–H groups in total. The molecule has 0 saturated carbocycles. The minimum Gasteiger partial charge on any atom is -0.469 e. The molecule has 0 aliphatic carbocycles. The average Bonchev–Trinajstić information content (AvgIpc) is 1.38. The van der Waals surface area contributed by atoms with Crippen molar-refractivity contribution in [1.82, 2.24) is 0 Å². The molecular weight excluding hydrogens is 174 g/mol. The Labute approximate surface area is 50.5 Å². The second-order valence-electron chi connectivity index (χ2n) is 0.696. The third-order valence-corrected chi connectivity index (χ3v) is 0.287. The summed E-state index contributed by atoms with van der Waals surface area (Å²) in [6.45, 7) is 1.36. The fraction of sp³-hybridized carbons (Fsp3) is 0.667. The second-order valence-corrected chi connectivity index (χ2v) is 0.696. The van der Waals surface area contributed by atoms with Gasteiger partial charge in [-0.15, -0.1) is 0 Å². The van der Waals surface area contributed by atoms with Crippen molar-refractivity contribution in [2.75, 3.05) is 7.11 Å². The van der Waals surface area contributed by atoms with Gasteiger partial charge in [-0.1, -0.05) is 0 Å². The quantitative estimate of drug-likeness (QED) is 0.393. The zero-order chi connectivity index (χ0) is 4.28. The van der Waals surface area contributed by atoms with Crippen LogP contribution in [-0.4, -0.2) is 13.1 Å². The average molecular weight is 180 g/mol. The zero-order valence-electron chi connectivity index (χ0n) is 3.63. The van der Waals surface area contributed by atoms with E-state index in [1.807, 2.05) is 0 Å². The van der Waals surface area contributed by atoms with Crippen LogP contribution in [0, 0.1) is 0 Å². The summed E-state index contributed by atoms with van der Waals surface area (Å²) in [5.74, 6) is -0.245. The Hall–Kier alpha value is 0.132. The molecule has 0 bridgehead atoms. The summed E-state index contributed by atoms with van der Waals surface area (Å²) in [5.41, 5.74) is 0. The smallest absolute Gasteiger partial charge is 0.302 e. The number of carbonyl (C=O) groups excluding carboxylic acids is 1. The van der Waals surface area contributed by atoms with Crippen LogP contribution in [0.1, 0.15) is 6.92 Å². The first kappa shape index (κ1) is 9.46. The summed E-state index contributed by atoms with van der Waals surface area (Å²) in [7, 11) is 1.35. The minimum absolute atomic E-state index is 0. The molecule has 3 heteroatoms. The number of hydrogen-bond donors (Lipinski definition) is 0. The molecule has 0 radical (unpaired) electrons. The van der Waals surface area contributed by atoms with Crippen LogP contribution in [0.5, 0.6) is 0 Å². The van der Waals surface area contributed by atoms with Crippen molar-refractivity contribution in [2.45, 2.75) is 6.92 Å². The van der Waals surface area contributed by atoms with Gasteiger partial charge in [0.25, 0.3) is 0 Å². The van der Waals surface area contributed by atoms with Gasteiger partial charge in [0.2, 0.25) is 0 Å². The van der Waals surface area contributed by atoms with E-state index < -0.39 is 0 Å². The summed E-state index contributed by atoms with van der Waals surface area (Å²) in [5, 5.41) is 0. The molecule has 6 heavy (non-hydrogen) atoms. The van der Waals surface area contributed by atoms with E-state index in [4.69, 9.17) is 0 Å². The topological polar surface area (TPSA) is 26.3 Å².